The highest BCUT2D eigenvalue weighted by Crippen LogP contribution is 2.37. The molecule has 6 aromatic carbocycles. The molecule has 0 saturated carbocycles. The van der Waals surface area contributed by atoms with E-state index in [2.05, 4.69) is 108 Å². The van der Waals surface area contributed by atoms with Crippen molar-refractivity contribution in [2.24, 2.45) is 0 Å². The summed E-state index contributed by atoms with van der Waals surface area (Å²) in [5.74, 6) is 1.75. The highest BCUT2D eigenvalue weighted by molar-refractivity contribution is 6.05. The van der Waals surface area contributed by atoms with Crippen molar-refractivity contribution in [1.82, 2.24) is 19.9 Å². The van der Waals surface area contributed by atoms with Gasteiger partial charge in [-0.05, 0) is 64.2 Å². The number of benzene rings is 6. The van der Waals surface area contributed by atoms with Gasteiger partial charge in [0.1, 0.15) is 11.2 Å². The Labute approximate surface area is 283 Å². The van der Waals surface area contributed by atoms with Crippen molar-refractivity contribution in [3.63, 3.8) is 0 Å². The Morgan fingerprint density at radius 1 is 0.347 bits per heavy atom. The zero-order valence-electron chi connectivity index (χ0n) is 26.4. The van der Waals surface area contributed by atoms with E-state index in [4.69, 9.17) is 19.4 Å². The van der Waals surface area contributed by atoms with Crippen molar-refractivity contribution < 1.29 is 4.42 Å². The largest absolute Gasteiger partial charge is 0.456 e. The quantitative estimate of drug-likeness (QED) is 0.183. The number of nitrogens with zero attached hydrogens (tertiary/aromatic N) is 4. The van der Waals surface area contributed by atoms with Gasteiger partial charge < -0.3 is 4.42 Å². The molecule has 0 amide bonds. The third-order valence-electron chi connectivity index (χ3n) is 8.84. The molecule has 5 heteroatoms. The predicted octanol–water partition coefficient (Wildman–Crippen LogP) is 11.2. The average Bonchev–Trinajstić information content (AvgIpc) is 3.57. The van der Waals surface area contributed by atoms with E-state index in [0.717, 1.165) is 72.0 Å². The maximum Gasteiger partial charge on any atom is 0.164 e. The fourth-order valence-electron chi connectivity index (χ4n) is 6.41. The molecule has 230 valence electrons. The minimum atomic E-state index is 0.572. The first-order valence-corrected chi connectivity index (χ1v) is 16.2. The van der Waals surface area contributed by atoms with E-state index >= 15 is 0 Å². The third kappa shape index (κ3) is 5.43. The van der Waals surface area contributed by atoms with Crippen LogP contribution >= 0.6 is 0 Å². The van der Waals surface area contributed by atoms with Crippen LogP contribution in [0.15, 0.2) is 175 Å². The highest BCUT2D eigenvalue weighted by atomic mass is 16.3. The van der Waals surface area contributed by atoms with E-state index in [9.17, 15) is 0 Å². The Bertz CT molecular complexity index is 2600. The van der Waals surface area contributed by atoms with Gasteiger partial charge in [-0.15, -0.1) is 0 Å². The predicted molar refractivity (Wildman–Crippen MR) is 198 cm³/mol. The maximum absolute atomic E-state index is 6.25. The normalized spacial score (nSPS) is 11.3. The van der Waals surface area contributed by atoms with Gasteiger partial charge in [-0.3, -0.25) is 4.98 Å². The summed E-state index contributed by atoms with van der Waals surface area (Å²) in [5.41, 5.74) is 10.9. The first-order valence-electron chi connectivity index (χ1n) is 16.2. The van der Waals surface area contributed by atoms with Gasteiger partial charge in [-0.2, -0.15) is 0 Å². The number of furan rings is 1. The second kappa shape index (κ2) is 12.1. The van der Waals surface area contributed by atoms with Crippen molar-refractivity contribution in [3.8, 4) is 67.5 Å². The van der Waals surface area contributed by atoms with Gasteiger partial charge in [-0.1, -0.05) is 121 Å². The molecule has 0 saturated heterocycles. The summed E-state index contributed by atoms with van der Waals surface area (Å²) in [6.45, 7) is 0. The first-order chi connectivity index (χ1) is 24.3. The summed E-state index contributed by atoms with van der Waals surface area (Å²) in [4.78, 5) is 19.6. The standard InChI is InChI=1S/C44H28N4O/c1-3-11-29(12-4-1)36-22-20-33(26-39(36)30-13-5-2-6-14-30)43-46-42(32-16-9-15-31(25-32)35-17-10-24-45-28-35)47-44(48-43)34-21-23-38-37-18-7-8-19-40(37)49-41(38)27-34/h1-28H. The van der Waals surface area contributed by atoms with Gasteiger partial charge >= 0.3 is 0 Å². The zero-order valence-corrected chi connectivity index (χ0v) is 26.4. The van der Waals surface area contributed by atoms with Crippen LogP contribution in [-0.2, 0) is 0 Å². The number of fused-ring (bicyclic) bond motifs is 3. The molecule has 3 heterocycles. The third-order valence-corrected chi connectivity index (χ3v) is 8.84. The molecule has 9 aromatic rings. The molecule has 0 fully saturated rings. The van der Waals surface area contributed by atoms with Crippen LogP contribution in [0, 0.1) is 0 Å². The molecular formula is C44H28N4O. The lowest BCUT2D eigenvalue weighted by Gasteiger charge is -2.14. The minimum absolute atomic E-state index is 0.572. The molecule has 0 radical (unpaired) electrons. The lowest BCUT2D eigenvalue weighted by molar-refractivity contribution is 0.669. The molecule has 5 nitrogen and oxygen atoms in total. The van der Waals surface area contributed by atoms with Crippen molar-refractivity contribution in [2.45, 2.75) is 0 Å². The van der Waals surface area contributed by atoms with Gasteiger partial charge in [0.05, 0.1) is 0 Å². The Morgan fingerprint density at radius 3 is 1.65 bits per heavy atom. The molecule has 0 spiro atoms. The van der Waals surface area contributed by atoms with Crippen molar-refractivity contribution in [3.05, 3.63) is 170 Å². The summed E-state index contributed by atoms with van der Waals surface area (Å²) >= 11 is 0. The summed E-state index contributed by atoms with van der Waals surface area (Å²) in [6.07, 6.45) is 3.65. The van der Waals surface area contributed by atoms with E-state index < -0.39 is 0 Å². The molecular weight excluding hydrogens is 601 g/mol. The Hall–Kier alpha value is -6.72. The highest BCUT2D eigenvalue weighted by Gasteiger charge is 2.17. The number of hydrogen-bond donors (Lipinski definition) is 0. The Morgan fingerprint density at radius 2 is 0.918 bits per heavy atom. The van der Waals surface area contributed by atoms with Crippen molar-refractivity contribution in [2.75, 3.05) is 0 Å². The lowest BCUT2D eigenvalue weighted by Crippen LogP contribution is -2.01. The van der Waals surface area contributed by atoms with E-state index in [1.807, 2.05) is 60.8 Å². The van der Waals surface area contributed by atoms with Crippen LogP contribution in [0.3, 0.4) is 0 Å². The summed E-state index contributed by atoms with van der Waals surface area (Å²) in [7, 11) is 0. The van der Waals surface area contributed by atoms with Crippen molar-refractivity contribution in [1.29, 1.82) is 0 Å². The van der Waals surface area contributed by atoms with Crippen molar-refractivity contribution >= 4 is 21.9 Å². The van der Waals surface area contributed by atoms with Crippen LogP contribution in [0.1, 0.15) is 0 Å². The van der Waals surface area contributed by atoms with Crippen LogP contribution in [0.25, 0.3) is 89.5 Å². The molecule has 0 unspecified atom stereocenters. The fourth-order valence-corrected chi connectivity index (χ4v) is 6.41. The monoisotopic (exact) mass is 628 g/mol. The van der Waals surface area contributed by atoms with Crippen LogP contribution in [0.2, 0.25) is 0 Å². The molecule has 0 aliphatic heterocycles. The van der Waals surface area contributed by atoms with Crippen LogP contribution in [-0.4, -0.2) is 19.9 Å². The fraction of sp³-hybridized carbons (Fsp3) is 0. The number of aromatic nitrogens is 4. The molecule has 0 aliphatic carbocycles. The second-order valence-electron chi connectivity index (χ2n) is 11.9. The van der Waals surface area contributed by atoms with Crippen LogP contribution < -0.4 is 0 Å². The second-order valence-corrected chi connectivity index (χ2v) is 11.9. The number of pyridine rings is 1. The number of para-hydroxylation sites is 1. The number of rotatable bonds is 6. The summed E-state index contributed by atoms with van der Waals surface area (Å²) in [5, 5.41) is 2.14. The Balaban J connectivity index is 1.24. The van der Waals surface area contributed by atoms with E-state index in [1.165, 1.54) is 0 Å². The maximum atomic E-state index is 6.25. The van der Waals surface area contributed by atoms with Gasteiger partial charge in [0.2, 0.25) is 0 Å². The smallest absolute Gasteiger partial charge is 0.164 e. The Kier molecular flexibility index (Phi) is 7.06. The molecule has 0 aliphatic rings. The molecule has 3 aromatic heterocycles. The molecule has 0 bridgehead atoms. The topological polar surface area (TPSA) is 64.7 Å². The summed E-state index contributed by atoms with van der Waals surface area (Å²) < 4.78 is 6.25. The first kappa shape index (κ1) is 28.5. The van der Waals surface area contributed by atoms with Gasteiger partial charge in [0, 0.05) is 45.4 Å². The SMILES string of the molecule is c1ccc(-c2ccc(-c3nc(-c4cccc(-c5cccnc5)c4)nc(-c4ccc5c(c4)oc4ccccc45)n3)cc2-c2ccccc2)cc1. The molecule has 49 heavy (non-hydrogen) atoms. The van der Waals surface area contributed by atoms with Gasteiger partial charge in [0.15, 0.2) is 17.5 Å². The molecule has 0 N–H and O–H groups in total. The zero-order chi connectivity index (χ0) is 32.6. The van der Waals surface area contributed by atoms with E-state index in [1.54, 1.807) is 6.20 Å². The summed E-state index contributed by atoms with van der Waals surface area (Å²) in [6, 6.07) is 53.9. The molecule has 0 atom stereocenters. The van der Waals surface area contributed by atoms with E-state index in [0.29, 0.717) is 17.5 Å². The van der Waals surface area contributed by atoms with Gasteiger partial charge in [-0.25, -0.2) is 15.0 Å². The van der Waals surface area contributed by atoms with Gasteiger partial charge in [0.25, 0.3) is 0 Å². The van der Waals surface area contributed by atoms with Crippen LogP contribution in [0.4, 0.5) is 0 Å². The lowest BCUT2D eigenvalue weighted by atomic mass is 9.92. The molecule has 9 rings (SSSR count). The average molecular weight is 629 g/mol. The minimum Gasteiger partial charge on any atom is -0.456 e. The van der Waals surface area contributed by atoms with E-state index in [-0.39, 0.29) is 0 Å². The number of hydrogen-bond acceptors (Lipinski definition) is 5. The van der Waals surface area contributed by atoms with Crippen LogP contribution in [0.5, 0.6) is 0 Å².